The van der Waals surface area contributed by atoms with Gasteiger partial charge in [-0.25, -0.2) is 21.2 Å². The Balaban J connectivity index is 1.74. The van der Waals surface area contributed by atoms with Crippen LogP contribution in [0.5, 0.6) is 0 Å². The van der Waals surface area contributed by atoms with Gasteiger partial charge >= 0.3 is 0 Å². The van der Waals surface area contributed by atoms with Gasteiger partial charge in [0.1, 0.15) is 5.82 Å². The van der Waals surface area contributed by atoms with Gasteiger partial charge in [0.25, 0.3) is 0 Å². The number of hydrogen-bond acceptors (Lipinski definition) is 4. The maximum Gasteiger partial charge on any atom is 0.243 e. The van der Waals surface area contributed by atoms with Crippen LogP contribution in [-0.2, 0) is 20.0 Å². The fourth-order valence-corrected chi connectivity index (χ4v) is 6.05. The third kappa shape index (κ3) is 3.25. The molecule has 10 heteroatoms. The second-order valence-corrected chi connectivity index (χ2v) is 10.2. The van der Waals surface area contributed by atoms with Gasteiger partial charge in [-0.2, -0.15) is 8.61 Å². The van der Waals surface area contributed by atoms with Crippen LogP contribution in [-0.4, -0.2) is 56.9 Å². The van der Waals surface area contributed by atoms with Gasteiger partial charge in [0.2, 0.25) is 20.0 Å². The normalized spacial score (nSPS) is 21.5. The molecule has 1 aliphatic carbocycles. The Morgan fingerprint density at radius 2 is 1.57 bits per heavy atom. The van der Waals surface area contributed by atoms with Crippen molar-refractivity contribution in [2.24, 2.45) is 0 Å². The summed E-state index contributed by atoms with van der Waals surface area (Å²) in [6, 6.07) is 3.23. The van der Waals surface area contributed by atoms with E-state index in [0.29, 0.717) is 12.8 Å². The van der Waals surface area contributed by atoms with Crippen molar-refractivity contribution in [3.8, 4) is 0 Å². The molecule has 0 aromatic heterocycles. The van der Waals surface area contributed by atoms with Crippen molar-refractivity contribution in [3.63, 3.8) is 0 Å². The topological polar surface area (TPSA) is 74.8 Å². The molecule has 1 saturated carbocycles. The van der Waals surface area contributed by atoms with E-state index in [-0.39, 0.29) is 41.3 Å². The molecule has 0 bridgehead atoms. The Hall–Kier alpha value is -0.740. The first-order chi connectivity index (χ1) is 10.7. The molecule has 0 N–H and O–H groups in total. The van der Waals surface area contributed by atoms with Crippen LogP contribution in [0.1, 0.15) is 12.8 Å². The van der Waals surface area contributed by atoms with Gasteiger partial charge in [-0.3, -0.25) is 0 Å². The summed E-state index contributed by atoms with van der Waals surface area (Å²) in [5, 5.41) is -0.567. The number of nitrogens with zero attached hydrogens (tertiary/aromatic N) is 2. The lowest BCUT2D eigenvalue weighted by atomic mass is 10.3. The Morgan fingerprint density at radius 1 is 1.00 bits per heavy atom. The summed E-state index contributed by atoms with van der Waals surface area (Å²) >= 11 is 5.64. The van der Waals surface area contributed by atoms with Crippen LogP contribution in [0.15, 0.2) is 23.1 Å². The average Bonchev–Trinajstić information content (AvgIpc) is 3.35. The summed E-state index contributed by atoms with van der Waals surface area (Å²) in [4.78, 5) is -0.0950. The molecule has 1 aromatic rings. The molecular formula is C13H16ClFN2O4S2. The van der Waals surface area contributed by atoms with Crippen molar-refractivity contribution in [1.29, 1.82) is 0 Å². The number of halogens is 2. The second kappa shape index (κ2) is 5.96. The van der Waals surface area contributed by atoms with E-state index < -0.39 is 25.9 Å². The van der Waals surface area contributed by atoms with Crippen molar-refractivity contribution in [3.05, 3.63) is 29.0 Å². The highest BCUT2D eigenvalue weighted by atomic mass is 35.5. The van der Waals surface area contributed by atoms with E-state index in [0.717, 1.165) is 18.2 Å². The van der Waals surface area contributed by atoms with Crippen molar-refractivity contribution >= 4 is 31.6 Å². The summed E-state index contributed by atoms with van der Waals surface area (Å²) in [6.07, 6.45) is 1.35. The predicted octanol–water partition coefficient (Wildman–Crippen LogP) is 1.28. The molecule has 0 amide bonds. The second-order valence-electron chi connectivity index (χ2n) is 5.62. The van der Waals surface area contributed by atoms with Crippen LogP contribution < -0.4 is 0 Å². The lowest BCUT2D eigenvalue weighted by Gasteiger charge is -2.33. The third-order valence-corrected chi connectivity index (χ3v) is 8.62. The quantitative estimate of drug-likeness (QED) is 0.786. The predicted molar refractivity (Wildman–Crippen MR) is 83.7 cm³/mol. The molecule has 1 saturated heterocycles. The van der Waals surface area contributed by atoms with Gasteiger partial charge in [0, 0.05) is 26.2 Å². The molecule has 2 fully saturated rings. The molecule has 0 radical (unpaired) electrons. The van der Waals surface area contributed by atoms with Crippen LogP contribution in [0.2, 0.25) is 5.02 Å². The lowest BCUT2D eigenvalue weighted by Crippen LogP contribution is -2.51. The first-order valence-electron chi connectivity index (χ1n) is 7.17. The molecule has 128 valence electrons. The zero-order valence-electron chi connectivity index (χ0n) is 12.2. The van der Waals surface area contributed by atoms with Crippen molar-refractivity contribution < 1.29 is 21.2 Å². The van der Waals surface area contributed by atoms with Gasteiger partial charge < -0.3 is 0 Å². The van der Waals surface area contributed by atoms with Crippen LogP contribution >= 0.6 is 11.6 Å². The molecule has 6 nitrogen and oxygen atoms in total. The summed E-state index contributed by atoms with van der Waals surface area (Å²) in [5.41, 5.74) is 0. The fourth-order valence-electron chi connectivity index (χ4n) is 2.53. The highest BCUT2D eigenvalue weighted by Crippen LogP contribution is 2.32. The third-order valence-electron chi connectivity index (χ3n) is 4.03. The Kier molecular flexibility index (Phi) is 4.43. The maximum atomic E-state index is 13.2. The van der Waals surface area contributed by atoms with Gasteiger partial charge in [0.15, 0.2) is 0 Å². The van der Waals surface area contributed by atoms with Gasteiger partial charge in [-0.05, 0) is 31.0 Å². The monoisotopic (exact) mass is 382 g/mol. The first kappa shape index (κ1) is 17.1. The van der Waals surface area contributed by atoms with E-state index in [9.17, 15) is 21.2 Å². The van der Waals surface area contributed by atoms with Gasteiger partial charge in [-0.1, -0.05) is 11.6 Å². The SMILES string of the molecule is O=S(=O)(c1ccc(F)c(Cl)c1)N1CCN(S(=O)(=O)C2CC2)CC1. The van der Waals surface area contributed by atoms with E-state index in [1.165, 1.54) is 8.61 Å². The van der Waals surface area contributed by atoms with Crippen molar-refractivity contribution in [1.82, 2.24) is 8.61 Å². The minimum absolute atomic E-state index is 0.0727. The molecule has 1 heterocycles. The molecule has 1 aliphatic heterocycles. The van der Waals surface area contributed by atoms with Crippen LogP contribution in [0.3, 0.4) is 0 Å². The van der Waals surface area contributed by atoms with Crippen LogP contribution in [0, 0.1) is 5.82 Å². The molecule has 23 heavy (non-hydrogen) atoms. The van der Waals surface area contributed by atoms with Crippen LogP contribution in [0.25, 0.3) is 0 Å². The molecule has 1 aromatic carbocycles. The van der Waals surface area contributed by atoms with Gasteiger partial charge in [-0.15, -0.1) is 0 Å². The molecule has 0 atom stereocenters. The van der Waals surface area contributed by atoms with Gasteiger partial charge in [0.05, 0.1) is 15.2 Å². The highest BCUT2D eigenvalue weighted by Gasteiger charge is 2.42. The van der Waals surface area contributed by atoms with E-state index in [2.05, 4.69) is 0 Å². The summed E-state index contributed by atoms with van der Waals surface area (Å²) in [6.45, 7) is 0.409. The van der Waals surface area contributed by atoms with Crippen molar-refractivity contribution in [2.75, 3.05) is 26.2 Å². The Labute approximate surface area is 139 Å². The molecule has 0 spiro atoms. The zero-order valence-corrected chi connectivity index (χ0v) is 14.5. The molecule has 0 unspecified atom stereocenters. The molecule has 3 rings (SSSR count). The minimum Gasteiger partial charge on any atom is -0.212 e. The minimum atomic E-state index is -3.81. The fraction of sp³-hybridized carbons (Fsp3) is 0.538. The zero-order chi connectivity index (χ0) is 16.8. The van der Waals surface area contributed by atoms with E-state index in [1.54, 1.807) is 0 Å². The van der Waals surface area contributed by atoms with E-state index >= 15 is 0 Å². The van der Waals surface area contributed by atoms with Crippen LogP contribution in [0.4, 0.5) is 4.39 Å². The summed E-state index contributed by atoms with van der Waals surface area (Å²) in [5.74, 6) is -0.689. The van der Waals surface area contributed by atoms with E-state index in [4.69, 9.17) is 11.6 Å². The Morgan fingerprint density at radius 3 is 2.09 bits per heavy atom. The first-order valence-corrected chi connectivity index (χ1v) is 10.5. The molecule has 2 aliphatic rings. The number of hydrogen-bond donors (Lipinski definition) is 0. The molecular weight excluding hydrogens is 367 g/mol. The number of rotatable bonds is 4. The van der Waals surface area contributed by atoms with E-state index in [1.807, 2.05) is 0 Å². The maximum absolute atomic E-state index is 13.2. The standard InChI is InChI=1S/C13H16ClFN2O4S2/c14-12-9-11(3-4-13(12)15)23(20,21)17-7-5-16(6-8-17)22(18,19)10-1-2-10/h3-4,9-10H,1-2,5-8H2. The highest BCUT2D eigenvalue weighted by molar-refractivity contribution is 7.90. The Bertz CT molecular complexity index is 816. The number of benzene rings is 1. The smallest absolute Gasteiger partial charge is 0.212 e. The number of piperazine rings is 1. The summed E-state index contributed by atoms with van der Waals surface area (Å²) in [7, 11) is -7.11. The summed E-state index contributed by atoms with van der Waals surface area (Å²) < 4.78 is 65.1. The average molecular weight is 383 g/mol. The lowest BCUT2D eigenvalue weighted by molar-refractivity contribution is 0.272. The number of sulfonamides is 2. The van der Waals surface area contributed by atoms with Crippen molar-refractivity contribution in [2.45, 2.75) is 23.0 Å². The largest absolute Gasteiger partial charge is 0.243 e.